The Morgan fingerprint density at radius 3 is 2.48 bits per heavy atom. The predicted octanol–water partition coefficient (Wildman–Crippen LogP) is 3.42. The van der Waals surface area contributed by atoms with Crippen molar-refractivity contribution < 1.29 is 22.0 Å². The van der Waals surface area contributed by atoms with Gasteiger partial charge in [-0.15, -0.1) is 0 Å². The number of nitrogens with zero attached hydrogens (tertiary/aromatic N) is 3. The van der Waals surface area contributed by atoms with Crippen LogP contribution in [0.15, 0.2) is 35.0 Å². The Labute approximate surface area is 191 Å². The number of carbonyl (C=O) groups excluding carboxylic acids is 1. The van der Waals surface area contributed by atoms with Gasteiger partial charge >= 0.3 is 6.03 Å². The molecular weight excluding hydrogens is 449 g/mol. The molecule has 1 fully saturated rings. The van der Waals surface area contributed by atoms with E-state index in [4.69, 9.17) is 4.42 Å². The number of aromatic nitrogens is 2. The molecule has 0 aliphatic carbocycles. The summed E-state index contributed by atoms with van der Waals surface area (Å²) in [7, 11) is -2.99. The van der Waals surface area contributed by atoms with Crippen LogP contribution in [0.2, 0.25) is 0 Å². The Kier molecular flexibility index (Phi) is 6.24. The molecule has 0 spiro atoms. The number of amides is 2. The van der Waals surface area contributed by atoms with E-state index in [-0.39, 0.29) is 23.2 Å². The summed E-state index contributed by atoms with van der Waals surface area (Å²) < 4.78 is 42.8. The molecule has 2 aromatic heterocycles. The maximum atomic E-state index is 13.7. The lowest BCUT2D eigenvalue weighted by atomic mass is 9.98. The standard InChI is InChI=1S/C22H26FN5O4S/c1-13(2)19(20-14(3)17-10-15(23)4-5-18(17)32-20)27-22(29)26-16-11-24-21(25-12-16)28-6-8-33(30,31)9-7-28/h4-5,10-13,19H,6-9H2,1-3H3,(H2,26,27,29). The molecule has 1 aliphatic rings. The van der Waals surface area contributed by atoms with E-state index < -0.39 is 21.9 Å². The van der Waals surface area contributed by atoms with Crippen molar-refractivity contribution in [2.24, 2.45) is 5.92 Å². The molecule has 2 N–H and O–H groups in total. The van der Waals surface area contributed by atoms with Gasteiger partial charge in [0.15, 0.2) is 9.84 Å². The van der Waals surface area contributed by atoms with Gasteiger partial charge in [0.2, 0.25) is 5.95 Å². The zero-order valence-electron chi connectivity index (χ0n) is 18.6. The summed E-state index contributed by atoms with van der Waals surface area (Å²) in [6, 6.07) is 3.45. The molecule has 2 amide bonds. The Balaban J connectivity index is 1.44. The summed E-state index contributed by atoms with van der Waals surface area (Å²) in [5, 5.41) is 6.30. The Morgan fingerprint density at radius 2 is 1.85 bits per heavy atom. The van der Waals surface area contributed by atoms with Crippen LogP contribution in [0.1, 0.15) is 31.2 Å². The molecule has 0 radical (unpaired) electrons. The van der Waals surface area contributed by atoms with E-state index in [0.29, 0.717) is 41.5 Å². The number of hydrogen-bond acceptors (Lipinski definition) is 7. The quantitative estimate of drug-likeness (QED) is 0.581. The molecule has 3 aromatic rings. The monoisotopic (exact) mass is 475 g/mol. The summed E-state index contributed by atoms with van der Waals surface area (Å²) in [6.07, 6.45) is 2.95. The number of aryl methyl sites for hydroxylation is 1. The van der Waals surface area contributed by atoms with Crippen molar-refractivity contribution in [2.75, 3.05) is 34.8 Å². The number of anilines is 2. The normalized spacial score (nSPS) is 16.7. The molecule has 1 aromatic carbocycles. The number of furan rings is 1. The minimum absolute atomic E-state index is 0.00821. The average Bonchev–Trinajstić information content (AvgIpc) is 3.08. The van der Waals surface area contributed by atoms with Crippen LogP contribution in [0.3, 0.4) is 0 Å². The molecule has 9 nitrogen and oxygen atoms in total. The second-order valence-electron chi connectivity index (χ2n) is 8.46. The van der Waals surface area contributed by atoms with Gasteiger partial charge in [0.05, 0.1) is 35.6 Å². The van der Waals surface area contributed by atoms with Crippen molar-refractivity contribution in [3.8, 4) is 0 Å². The van der Waals surface area contributed by atoms with E-state index in [1.165, 1.54) is 24.5 Å². The van der Waals surface area contributed by atoms with Crippen molar-refractivity contribution in [1.82, 2.24) is 15.3 Å². The number of rotatable bonds is 5. The van der Waals surface area contributed by atoms with Crippen molar-refractivity contribution in [2.45, 2.75) is 26.8 Å². The van der Waals surface area contributed by atoms with Crippen molar-refractivity contribution in [3.05, 3.63) is 47.7 Å². The van der Waals surface area contributed by atoms with Gasteiger partial charge in [-0.1, -0.05) is 13.8 Å². The van der Waals surface area contributed by atoms with Crippen LogP contribution >= 0.6 is 0 Å². The molecule has 11 heteroatoms. The fraction of sp³-hybridized carbons (Fsp3) is 0.409. The van der Waals surface area contributed by atoms with Gasteiger partial charge in [-0.05, 0) is 31.0 Å². The third-order valence-electron chi connectivity index (χ3n) is 5.69. The minimum atomic E-state index is -2.99. The number of nitrogens with one attached hydrogen (secondary N) is 2. The van der Waals surface area contributed by atoms with E-state index in [0.717, 1.165) is 5.56 Å². The van der Waals surface area contributed by atoms with E-state index >= 15 is 0 Å². The number of carbonyl (C=O) groups is 1. The molecular formula is C22H26FN5O4S. The van der Waals surface area contributed by atoms with Gasteiger partial charge in [-0.2, -0.15) is 0 Å². The second kappa shape index (κ2) is 8.97. The Hall–Kier alpha value is -3.21. The van der Waals surface area contributed by atoms with Gasteiger partial charge in [0.1, 0.15) is 17.2 Å². The topological polar surface area (TPSA) is 117 Å². The summed E-state index contributed by atoms with van der Waals surface area (Å²) >= 11 is 0. The highest BCUT2D eigenvalue weighted by Crippen LogP contribution is 2.33. The lowest BCUT2D eigenvalue weighted by Gasteiger charge is -2.26. The lowest BCUT2D eigenvalue weighted by Crippen LogP contribution is -2.41. The molecule has 33 heavy (non-hydrogen) atoms. The van der Waals surface area contributed by atoms with Gasteiger partial charge in [0.25, 0.3) is 0 Å². The SMILES string of the molecule is Cc1c(C(NC(=O)Nc2cnc(N3CCS(=O)(=O)CC3)nc2)C(C)C)oc2ccc(F)cc12. The van der Waals surface area contributed by atoms with Gasteiger partial charge < -0.3 is 20.0 Å². The molecule has 3 heterocycles. The third kappa shape index (κ3) is 5.08. The van der Waals surface area contributed by atoms with Crippen molar-refractivity contribution >= 4 is 38.5 Å². The number of hydrogen-bond donors (Lipinski definition) is 2. The summed E-state index contributed by atoms with van der Waals surface area (Å²) in [5.41, 5.74) is 1.73. The summed E-state index contributed by atoms with van der Waals surface area (Å²) in [4.78, 5) is 23.0. The highest BCUT2D eigenvalue weighted by atomic mass is 32.2. The highest BCUT2D eigenvalue weighted by Gasteiger charge is 2.26. The first-order valence-corrected chi connectivity index (χ1v) is 12.5. The summed E-state index contributed by atoms with van der Waals surface area (Å²) in [5.74, 6) is 0.800. The maximum Gasteiger partial charge on any atom is 0.319 e. The summed E-state index contributed by atoms with van der Waals surface area (Å²) in [6.45, 7) is 6.43. The van der Waals surface area contributed by atoms with Crippen molar-refractivity contribution in [1.29, 1.82) is 0 Å². The molecule has 1 saturated heterocycles. The van der Waals surface area contributed by atoms with Crippen LogP contribution < -0.4 is 15.5 Å². The molecule has 176 valence electrons. The van der Waals surface area contributed by atoms with E-state index in [2.05, 4.69) is 20.6 Å². The van der Waals surface area contributed by atoms with Crippen LogP contribution in [0.25, 0.3) is 11.0 Å². The smallest absolute Gasteiger partial charge is 0.319 e. The second-order valence-corrected chi connectivity index (χ2v) is 10.8. The minimum Gasteiger partial charge on any atom is -0.459 e. The number of fused-ring (bicyclic) bond motifs is 1. The fourth-order valence-corrected chi connectivity index (χ4v) is 5.01. The number of sulfone groups is 1. The van der Waals surface area contributed by atoms with Crippen LogP contribution in [0.5, 0.6) is 0 Å². The average molecular weight is 476 g/mol. The zero-order valence-corrected chi connectivity index (χ0v) is 19.4. The number of halogens is 1. The van der Waals surface area contributed by atoms with Crippen LogP contribution in [-0.2, 0) is 9.84 Å². The van der Waals surface area contributed by atoms with Crippen LogP contribution in [0, 0.1) is 18.7 Å². The highest BCUT2D eigenvalue weighted by molar-refractivity contribution is 7.91. The third-order valence-corrected chi connectivity index (χ3v) is 7.30. The number of benzene rings is 1. The molecule has 1 aliphatic heterocycles. The van der Waals surface area contributed by atoms with Gasteiger partial charge in [-0.25, -0.2) is 27.6 Å². The molecule has 1 atom stereocenters. The first-order chi connectivity index (χ1) is 15.6. The predicted molar refractivity (Wildman–Crippen MR) is 124 cm³/mol. The first kappa shape index (κ1) is 23.0. The molecule has 0 saturated carbocycles. The van der Waals surface area contributed by atoms with E-state index in [1.54, 1.807) is 11.0 Å². The van der Waals surface area contributed by atoms with Gasteiger partial charge in [-0.3, -0.25) is 0 Å². The molecule has 0 bridgehead atoms. The van der Waals surface area contributed by atoms with Gasteiger partial charge in [0, 0.05) is 24.0 Å². The van der Waals surface area contributed by atoms with Crippen LogP contribution in [0.4, 0.5) is 20.8 Å². The Bertz CT molecular complexity index is 1260. The fourth-order valence-electron chi connectivity index (χ4n) is 3.81. The molecule has 1 unspecified atom stereocenters. The first-order valence-electron chi connectivity index (χ1n) is 10.7. The molecule has 4 rings (SSSR count). The largest absolute Gasteiger partial charge is 0.459 e. The number of urea groups is 1. The Morgan fingerprint density at radius 1 is 1.18 bits per heavy atom. The zero-order chi connectivity index (χ0) is 23.8. The maximum absolute atomic E-state index is 13.7. The van der Waals surface area contributed by atoms with E-state index in [9.17, 15) is 17.6 Å². The van der Waals surface area contributed by atoms with E-state index in [1.807, 2.05) is 20.8 Å². The lowest BCUT2D eigenvalue weighted by molar-refractivity contribution is 0.241. The van der Waals surface area contributed by atoms with Crippen LogP contribution in [-0.4, -0.2) is 49.0 Å². The van der Waals surface area contributed by atoms with Crippen molar-refractivity contribution in [3.63, 3.8) is 0 Å².